The van der Waals surface area contributed by atoms with Crippen LogP contribution >= 0.6 is 0 Å². The van der Waals surface area contributed by atoms with E-state index in [0.29, 0.717) is 19.3 Å². The number of carbonyl (C=O) groups excluding carboxylic acids is 3. The molecule has 1 unspecified atom stereocenters. The molecule has 0 fully saturated rings. The van der Waals surface area contributed by atoms with Gasteiger partial charge in [0.05, 0.1) is 0 Å². The van der Waals surface area contributed by atoms with Crippen LogP contribution in [0.15, 0.2) is 97.2 Å². The minimum absolute atomic E-state index is 0.106. The lowest BCUT2D eigenvalue weighted by Gasteiger charge is -2.18. The molecule has 0 bridgehead atoms. The second-order valence-electron chi connectivity index (χ2n) is 16.8. The highest BCUT2D eigenvalue weighted by Crippen LogP contribution is 2.13. The van der Waals surface area contributed by atoms with Gasteiger partial charge in [-0.15, -0.1) is 0 Å². The molecule has 6 nitrogen and oxygen atoms in total. The molecule has 358 valence electrons. The Kier molecular flexibility index (Phi) is 48.0. The molecule has 63 heavy (non-hydrogen) atoms. The predicted octanol–water partition coefficient (Wildman–Crippen LogP) is 17.0. The maximum Gasteiger partial charge on any atom is 0.306 e. The van der Waals surface area contributed by atoms with Gasteiger partial charge in [0.15, 0.2) is 6.10 Å². The van der Waals surface area contributed by atoms with Crippen molar-refractivity contribution >= 4 is 17.9 Å². The molecule has 0 aromatic rings. The summed E-state index contributed by atoms with van der Waals surface area (Å²) < 4.78 is 16.7. The lowest BCUT2D eigenvalue weighted by Crippen LogP contribution is -2.30. The molecule has 0 aromatic heterocycles. The van der Waals surface area contributed by atoms with E-state index in [-0.39, 0.29) is 31.1 Å². The van der Waals surface area contributed by atoms with Crippen LogP contribution in [-0.4, -0.2) is 37.2 Å². The third-order valence-corrected chi connectivity index (χ3v) is 10.6. The Morgan fingerprint density at radius 2 is 0.683 bits per heavy atom. The van der Waals surface area contributed by atoms with Crippen molar-refractivity contribution in [3.05, 3.63) is 97.2 Å². The van der Waals surface area contributed by atoms with Crippen LogP contribution in [0, 0.1) is 0 Å². The van der Waals surface area contributed by atoms with E-state index in [0.717, 1.165) is 116 Å². The van der Waals surface area contributed by atoms with Crippen molar-refractivity contribution in [2.45, 2.75) is 232 Å². The second kappa shape index (κ2) is 51.0. The van der Waals surface area contributed by atoms with E-state index >= 15 is 0 Å². The summed E-state index contributed by atoms with van der Waals surface area (Å²) in [5.41, 5.74) is 0. The molecule has 0 heterocycles. The Morgan fingerprint density at radius 3 is 1.17 bits per heavy atom. The van der Waals surface area contributed by atoms with E-state index in [1.807, 2.05) is 0 Å². The van der Waals surface area contributed by atoms with Crippen molar-refractivity contribution in [1.29, 1.82) is 0 Å². The van der Waals surface area contributed by atoms with E-state index in [4.69, 9.17) is 14.2 Å². The molecule has 0 aliphatic heterocycles. The molecule has 1 atom stereocenters. The number of carbonyl (C=O) groups is 3. The van der Waals surface area contributed by atoms with Crippen LogP contribution in [0.4, 0.5) is 0 Å². The number of ether oxygens (including phenoxy) is 3. The molecule has 0 saturated heterocycles. The zero-order valence-corrected chi connectivity index (χ0v) is 40.8. The fourth-order valence-corrected chi connectivity index (χ4v) is 6.74. The maximum absolute atomic E-state index is 12.8. The van der Waals surface area contributed by atoms with Gasteiger partial charge in [-0.1, -0.05) is 201 Å². The van der Waals surface area contributed by atoms with Crippen molar-refractivity contribution in [3.8, 4) is 0 Å². The second-order valence-corrected chi connectivity index (χ2v) is 16.8. The van der Waals surface area contributed by atoms with Gasteiger partial charge in [-0.3, -0.25) is 14.4 Å². The van der Waals surface area contributed by atoms with Gasteiger partial charge in [0.1, 0.15) is 13.2 Å². The van der Waals surface area contributed by atoms with Crippen molar-refractivity contribution in [3.63, 3.8) is 0 Å². The van der Waals surface area contributed by atoms with Crippen LogP contribution in [0.1, 0.15) is 226 Å². The highest BCUT2D eigenvalue weighted by Gasteiger charge is 2.19. The first kappa shape index (κ1) is 59.3. The molecule has 0 N–H and O–H groups in total. The van der Waals surface area contributed by atoms with Gasteiger partial charge in [0.2, 0.25) is 0 Å². The Morgan fingerprint density at radius 1 is 0.349 bits per heavy atom. The Hall–Kier alpha value is -3.67. The number of esters is 3. The SMILES string of the molecule is CC/C=C\C/C=C\C/C=C\CCCCC(=O)OCC(COC(=O)CCCCCCC\C=C/C=C\C=C/CCCCCCC)OC(=O)CCCCCCCC/C=C\C=C/CCCCC. The monoisotopic (exact) mass is 875 g/mol. The van der Waals surface area contributed by atoms with Crippen LogP contribution in [0.25, 0.3) is 0 Å². The summed E-state index contributed by atoms with van der Waals surface area (Å²) >= 11 is 0. The fourth-order valence-electron chi connectivity index (χ4n) is 6.74. The van der Waals surface area contributed by atoms with Crippen molar-refractivity contribution in [2.75, 3.05) is 13.2 Å². The van der Waals surface area contributed by atoms with Crippen LogP contribution in [0.3, 0.4) is 0 Å². The first-order chi connectivity index (χ1) is 31.0. The lowest BCUT2D eigenvalue weighted by atomic mass is 10.1. The molecule has 0 spiro atoms. The standard InChI is InChI=1S/C57H94O6/c1-4-7-10-13-16-19-22-25-27-28-29-31-32-35-38-41-44-47-50-56(59)62-53-54(52-61-55(58)49-46-43-40-37-34-24-21-18-15-12-9-6-3)63-57(60)51-48-45-42-39-36-33-30-26-23-20-17-14-11-8-5-2/h9,12,17-18,20-23,25-29,31,34,37,54H,4-8,10-11,13-16,19,24,30,32-33,35-36,38-53H2,1-3H3/b12-9-,20-17-,21-18-,25-22-,26-23-,28-27-,31-29-,37-34-. The van der Waals surface area contributed by atoms with E-state index < -0.39 is 6.10 Å². The van der Waals surface area contributed by atoms with Crippen LogP contribution in [0.2, 0.25) is 0 Å². The predicted molar refractivity (Wildman–Crippen MR) is 270 cm³/mol. The molecule has 0 rings (SSSR count). The molecule has 0 aliphatic rings. The number of hydrogen-bond acceptors (Lipinski definition) is 6. The van der Waals surface area contributed by atoms with Crippen molar-refractivity contribution in [1.82, 2.24) is 0 Å². The molecule has 0 radical (unpaired) electrons. The lowest BCUT2D eigenvalue weighted by molar-refractivity contribution is -0.167. The Balaban J connectivity index is 4.49. The average molecular weight is 875 g/mol. The van der Waals surface area contributed by atoms with Gasteiger partial charge in [-0.25, -0.2) is 0 Å². The third kappa shape index (κ3) is 49.2. The minimum Gasteiger partial charge on any atom is -0.462 e. The first-order valence-corrected chi connectivity index (χ1v) is 25.8. The molecule has 6 heteroatoms. The normalized spacial score (nSPS) is 12.9. The molecule has 0 aliphatic carbocycles. The van der Waals surface area contributed by atoms with Gasteiger partial charge in [-0.05, 0) is 103 Å². The van der Waals surface area contributed by atoms with Crippen LogP contribution < -0.4 is 0 Å². The molecule has 0 saturated carbocycles. The van der Waals surface area contributed by atoms with Gasteiger partial charge >= 0.3 is 17.9 Å². The summed E-state index contributed by atoms with van der Waals surface area (Å²) in [7, 11) is 0. The molecule has 0 aromatic carbocycles. The fraction of sp³-hybridized carbons (Fsp3) is 0.667. The Labute approximate surface area is 387 Å². The highest BCUT2D eigenvalue weighted by molar-refractivity contribution is 5.71. The van der Waals surface area contributed by atoms with E-state index in [1.165, 1.54) is 70.6 Å². The first-order valence-electron chi connectivity index (χ1n) is 25.8. The van der Waals surface area contributed by atoms with Crippen molar-refractivity contribution in [2.24, 2.45) is 0 Å². The smallest absolute Gasteiger partial charge is 0.306 e. The number of hydrogen-bond donors (Lipinski definition) is 0. The van der Waals surface area contributed by atoms with Gasteiger partial charge in [0, 0.05) is 19.3 Å². The third-order valence-electron chi connectivity index (χ3n) is 10.6. The summed E-state index contributed by atoms with van der Waals surface area (Å²) in [4.78, 5) is 37.9. The zero-order chi connectivity index (χ0) is 45.8. The summed E-state index contributed by atoms with van der Waals surface area (Å²) in [5.74, 6) is -0.981. The topological polar surface area (TPSA) is 78.9 Å². The summed E-state index contributed by atoms with van der Waals surface area (Å²) in [6.45, 7) is 6.40. The number of allylic oxidation sites excluding steroid dienone is 16. The van der Waals surface area contributed by atoms with E-state index in [9.17, 15) is 14.4 Å². The highest BCUT2D eigenvalue weighted by atomic mass is 16.6. The molecular formula is C57H94O6. The van der Waals surface area contributed by atoms with Crippen LogP contribution in [-0.2, 0) is 28.6 Å². The number of unbranched alkanes of at least 4 members (excludes halogenated alkanes) is 21. The number of rotatable bonds is 45. The van der Waals surface area contributed by atoms with Gasteiger partial charge in [-0.2, -0.15) is 0 Å². The summed E-state index contributed by atoms with van der Waals surface area (Å²) in [6.07, 6.45) is 66.7. The van der Waals surface area contributed by atoms with E-state index in [2.05, 4.69) is 118 Å². The molecular weight excluding hydrogens is 781 g/mol. The maximum atomic E-state index is 12.8. The summed E-state index contributed by atoms with van der Waals surface area (Å²) in [5, 5.41) is 0. The zero-order valence-electron chi connectivity index (χ0n) is 40.8. The van der Waals surface area contributed by atoms with Gasteiger partial charge in [0.25, 0.3) is 0 Å². The average Bonchev–Trinajstić information content (AvgIpc) is 3.28. The minimum atomic E-state index is -0.808. The van der Waals surface area contributed by atoms with Crippen LogP contribution in [0.5, 0.6) is 0 Å². The largest absolute Gasteiger partial charge is 0.462 e. The molecule has 0 amide bonds. The Bertz CT molecular complexity index is 1280. The van der Waals surface area contributed by atoms with Crippen molar-refractivity contribution < 1.29 is 28.6 Å². The van der Waals surface area contributed by atoms with Gasteiger partial charge < -0.3 is 14.2 Å². The summed E-state index contributed by atoms with van der Waals surface area (Å²) in [6, 6.07) is 0. The van der Waals surface area contributed by atoms with E-state index in [1.54, 1.807) is 0 Å². The quantitative estimate of drug-likeness (QED) is 0.0199.